The van der Waals surface area contributed by atoms with Crippen molar-refractivity contribution < 1.29 is 9.53 Å². The fourth-order valence-electron chi connectivity index (χ4n) is 2.51. The van der Waals surface area contributed by atoms with Gasteiger partial charge in [0.2, 0.25) is 11.8 Å². The van der Waals surface area contributed by atoms with E-state index in [2.05, 4.69) is 20.6 Å². The standard InChI is InChI=1S/C17H21N5O2/c1-24-15-11-14(16(23)19-12-13-5-3-2-4-6-13)20-17(21-15)22-9-7-18-8-10-22/h2-6,11,18H,7-10,12H2,1H3,(H,19,23). The van der Waals surface area contributed by atoms with Gasteiger partial charge in [-0.3, -0.25) is 4.79 Å². The molecule has 0 saturated carbocycles. The summed E-state index contributed by atoms with van der Waals surface area (Å²) in [5.41, 5.74) is 1.35. The molecular weight excluding hydrogens is 306 g/mol. The maximum Gasteiger partial charge on any atom is 0.270 e. The van der Waals surface area contributed by atoms with Crippen molar-refractivity contribution >= 4 is 11.9 Å². The van der Waals surface area contributed by atoms with Gasteiger partial charge in [-0.05, 0) is 5.56 Å². The minimum absolute atomic E-state index is 0.240. The normalized spacial score (nSPS) is 14.3. The lowest BCUT2D eigenvalue weighted by atomic mass is 10.2. The van der Waals surface area contributed by atoms with E-state index in [1.165, 1.54) is 7.11 Å². The zero-order valence-electron chi connectivity index (χ0n) is 13.7. The molecule has 0 aliphatic carbocycles. The van der Waals surface area contributed by atoms with Gasteiger partial charge in [0.25, 0.3) is 5.91 Å². The second kappa shape index (κ2) is 7.74. The van der Waals surface area contributed by atoms with Gasteiger partial charge in [-0.25, -0.2) is 4.98 Å². The number of amides is 1. The molecule has 2 N–H and O–H groups in total. The van der Waals surface area contributed by atoms with Crippen LogP contribution in [0.4, 0.5) is 5.95 Å². The summed E-state index contributed by atoms with van der Waals surface area (Å²) >= 11 is 0. The maximum absolute atomic E-state index is 12.4. The molecule has 0 bridgehead atoms. The summed E-state index contributed by atoms with van der Waals surface area (Å²) < 4.78 is 5.23. The minimum atomic E-state index is -0.240. The first-order valence-electron chi connectivity index (χ1n) is 7.97. The Bertz CT molecular complexity index is 687. The van der Waals surface area contributed by atoms with Crippen molar-refractivity contribution in [3.63, 3.8) is 0 Å². The first kappa shape index (κ1) is 16.2. The number of nitrogens with zero attached hydrogens (tertiary/aromatic N) is 3. The summed E-state index contributed by atoms with van der Waals surface area (Å²) in [6, 6.07) is 11.3. The van der Waals surface area contributed by atoms with Crippen LogP contribution in [0.1, 0.15) is 16.1 Å². The van der Waals surface area contributed by atoms with Gasteiger partial charge in [0, 0.05) is 38.8 Å². The Kier molecular flexibility index (Phi) is 5.22. The summed E-state index contributed by atoms with van der Waals surface area (Å²) in [6.07, 6.45) is 0. The van der Waals surface area contributed by atoms with Gasteiger partial charge in [-0.15, -0.1) is 0 Å². The van der Waals surface area contributed by atoms with E-state index < -0.39 is 0 Å². The molecule has 2 aromatic rings. The summed E-state index contributed by atoms with van der Waals surface area (Å²) in [6.45, 7) is 3.80. The molecule has 0 radical (unpaired) electrons. The molecule has 0 unspecified atom stereocenters. The van der Waals surface area contributed by atoms with Gasteiger partial charge in [-0.2, -0.15) is 4.98 Å². The monoisotopic (exact) mass is 327 g/mol. The van der Waals surface area contributed by atoms with Crippen LogP contribution in [0.25, 0.3) is 0 Å². The molecule has 126 valence electrons. The summed E-state index contributed by atoms with van der Waals surface area (Å²) in [5.74, 6) is 0.681. The zero-order valence-corrected chi connectivity index (χ0v) is 13.7. The number of anilines is 1. The number of hydrogen-bond acceptors (Lipinski definition) is 6. The predicted octanol–water partition coefficient (Wildman–Crippen LogP) is 0.825. The highest BCUT2D eigenvalue weighted by Gasteiger charge is 2.18. The van der Waals surface area contributed by atoms with Crippen LogP contribution in [0.3, 0.4) is 0 Å². The Morgan fingerprint density at radius 2 is 2.00 bits per heavy atom. The summed E-state index contributed by atoms with van der Waals surface area (Å²) in [7, 11) is 1.54. The van der Waals surface area contributed by atoms with Gasteiger partial charge in [0.05, 0.1) is 7.11 Å². The van der Waals surface area contributed by atoms with Gasteiger partial charge in [0.1, 0.15) is 5.69 Å². The molecule has 2 heterocycles. The van der Waals surface area contributed by atoms with E-state index in [4.69, 9.17) is 4.74 Å². The fraction of sp³-hybridized carbons (Fsp3) is 0.353. The molecule has 1 saturated heterocycles. The molecule has 24 heavy (non-hydrogen) atoms. The number of aromatic nitrogens is 2. The lowest BCUT2D eigenvalue weighted by Crippen LogP contribution is -2.44. The second-order valence-electron chi connectivity index (χ2n) is 5.50. The lowest BCUT2D eigenvalue weighted by Gasteiger charge is -2.27. The Morgan fingerprint density at radius 3 is 2.71 bits per heavy atom. The molecule has 1 aliphatic heterocycles. The Hall–Kier alpha value is -2.67. The first-order valence-corrected chi connectivity index (χ1v) is 7.97. The van der Waals surface area contributed by atoms with Gasteiger partial charge >= 0.3 is 0 Å². The highest BCUT2D eigenvalue weighted by molar-refractivity contribution is 5.92. The third-order valence-electron chi connectivity index (χ3n) is 3.83. The SMILES string of the molecule is COc1cc(C(=O)NCc2ccccc2)nc(N2CCNCC2)n1. The van der Waals surface area contributed by atoms with Crippen molar-refractivity contribution in [3.05, 3.63) is 47.7 Å². The molecular formula is C17H21N5O2. The van der Waals surface area contributed by atoms with E-state index in [9.17, 15) is 4.79 Å². The Balaban J connectivity index is 1.74. The average molecular weight is 327 g/mol. The smallest absolute Gasteiger partial charge is 0.270 e. The number of methoxy groups -OCH3 is 1. The van der Waals surface area contributed by atoms with Crippen molar-refractivity contribution in [1.82, 2.24) is 20.6 Å². The second-order valence-corrected chi connectivity index (χ2v) is 5.50. The van der Waals surface area contributed by atoms with Crippen LogP contribution in [0.15, 0.2) is 36.4 Å². The summed E-state index contributed by atoms with van der Waals surface area (Å²) in [5, 5.41) is 6.16. The van der Waals surface area contributed by atoms with Gasteiger partial charge in [-0.1, -0.05) is 30.3 Å². The number of piperazine rings is 1. The molecule has 7 heteroatoms. The molecule has 1 aromatic carbocycles. The van der Waals surface area contributed by atoms with E-state index >= 15 is 0 Å². The van der Waals surface area contributed by atoms with E-state index in [0.717, 1.165) is 31.7 Å². The molecule has 3 rings (SSSR count). The van der Waals surface area contributed by atoms with Crippen molar-refractivity contribution in [2.75, 3.05) is 38.2 Å². The van der Waals surface area contributed by atoms with Crippen LogP contribution >= 0.6 is 0 Å². The van der Waals surface area contributed by atoms with E-state index in [0.29, 0.717) is 24.1 Å². The van der Waals surface area contributed by atoms with Crippen LogP contribution in [0.5, 0.6) is 5.88 Å². The van der Waals surface area contributed by atoms with E-state index in [1.54, 1.807) is 6.07 Å². The van der Waals surface area contributed by atoms with E-state index in [1.807, 2.05) is 35.2 Å². The van der Waals surface area contributed by atoms with Crippen LogP contribution in [-0.2, 0) is 6.54 Å². The topological polar surface area (TPSA) is 79.4 Å². The van der Waals surface area contributed by atoms with E-state index in [-0.39, 0.29) is 5.91 Å². The number of ether oxygens (including phenoxy) is 1. The number of rotatable bonds is 5. The lowest BCUT2D eigenvalue weighted by molar-refractivity contribution is 0.0945. The Labute approximate surface area is 141 Å². The third kappa shape index (κ3) is 3.99. The highest BCUT2D eigenvalue weighted by Crippen LogP contribution is 2.16. The van der Waals surface area contributed by atoms with Crippen molar-refractivity contribution in [2.45, 2.75) is 6.54 Å². The quantitative estimate of drug-likeness (QED) is 0.847. The van der Waals surface area contributed by atoms with Crippen LogP contribution < -0.4 is 20.3 Å². The number of hydrogen-bond donors (Lipinski definition) is 2. The fourth-order valence-corrected chi connectivity index (χ4v) is 2.51. The number of nitrogens with one attached hydrogen (secondary N) is 2. The number of carbonyl (C=O) groups excluding carboxylic acids is 1. The largest absolute Gasteiger partial charge is 0.481 e. The molecule has 7 nitrogen and oxygen atoms in total. The molecule has 0 spiro atoms. The third-order valence-corrected chi connectivity index (χ3v) is 3.83. The zero-order chi connectivity index (χ0) is 16.8. The molecule has 1 aromatic heterocycles. The molecule has 1 aliphatic rings. The molecule has 1 amide bonds. The minimum Gasteiger partial charge on any atom is -0.481 e. The van der Waals surface area contributed by atoms with Crippen LogP contribution in [-0.4, -0.2) is 49.2 Å². The van der Waals surface area contributed by atoms with Crippen molar-refractivity contribution in [3.8, 4) is 5.88 Å². The average Bonchev–Trinajstić information content (AvgIpc) is 2.67. The molecule has 0 atom stereocenters. The number of carbonyl (C=O) groups is 1. The van der Waals surface area contributed by atoms with Crippen LogP contribution in [0, 0.1) is 0 Å². The molecule has 1 fully saturated rings. The van der Waals surface area contributed by atoms with Gasteiger partial charge in [0.15, 0.2) is 0 Å². The van der Waals surface area contributed by atoms with Crippen LogP contribution in [0.2, 0.25) is 0 Å². The number of benzene rings is 1. The Morgan fingerprint density at radius 1 is 1.25 bits per heavy atom. The predicted molar refractivity (Wildman–Crippen MR) is 91.3 cm³/mol. The van der Waals surface area contributed by atoms with Crippen molar-refractivity contribution in [1.29, 1.82) is 0 Å². The van der Waals surface area contributed by atoms with Crippen molar-refractivity contribution in [2.24, 2.45) is 0 Å². The highest BCUT2D eigenvalue weighted by atomic mass is 16.5. The van der Waals surface area contributed by atoms with Gasteiger partial charge < -0.3 is 20.3 Å². The first-order chi connectivity index (χ1) is 11.8. The summed E-state index contributed by atoms with van der Waals surface area (Å²) in [4.78, 5) is 23.3. The maximum atomic E-state index is 12.4.